The van der Waals surface area contributed by atoms with E-state index in [4.69, 9.17) is 5.73 Å². The summed E-state index contributed by atoms with van der Waals surface area (Å²) in [5.41, 5.74) is 6.87. The Morgan fingerprint density at radius 3 is 2.93 bits per heavy atom. The number of nitrogens with two attached hydrogens (primary N) is 1. The van der Waals surface area contributed by atoms with Crippen molar-refractivity contribution in [3.63, 3.8) is 0 Å². The summed E-state index contributed by atoms with van der Waals surface area (Å²) in [7, 11) is 0. The van der Waals surface area contributed by atoms with Gasteiger partial charge in [0.25, 0.3) is 0 Å². The van der Waals surface area contributed by atoms with Crippen LogP contribution in [0.3, 0.4) is 0 Å². The molecule has 0 amide bonds. The molecule has 1 rings (SSSR count). The van der Waals surface area contributed by atoms with Crippen molar-refractivity contribution in [2.24, 2.45) is 10.7 Å². The Balaban J connectivity index is 2.69. The molecule has 15 heavy (non-hydrogen) atoms. The maximum absolute atomic E-state index is 5.69. The van der Waals surface area contributed by atoms with E-state index in [1.807, 2.05) is 19.1 Å². The standard InChI is InChI=1S/C11H16BrN3/c1-3-14-11(13)15-8(2)9-5-4-6-10(12)7-9/h4-8H,3H2,1-2H3,(H3,13,14,15). The molecule has 0 fully saturated rings. The zero-order valence-corrected chi connectivity index (χ0v) is 10.6. The summed E-state index contributed by atoms with van der Waals surface area (Å²) in [5, 5.41) is 3.13. The molecule has 0 spiro atoms. The van der Waals surface area contributed by atoms with Crippen LogP contribution in [0.15, 0.2) is 33.7 Å². The summed E-state index contributed by atoms with van der Waals surface area (Å²) in [5.74, 6) is 0.491. The minimum atomic E-state index is 0.165. The van der Waals surface area contributed by atoms with Crippen LogP contribution in [0, 0.1) is 0 Å². The average Bonchev–Trinajstić information content (AvgIpc) is 2.18. The molecule has 1 atom stereocenters. The number of hydrogen-bond donors (Lipinski definition) is 2. The van der Waals surface area contributed by atoms with Crippen LogP contribution in [0.1, 0.15) is 25.5 Å². The van der Waals surface area contributed by atoms with E-state index in [2.05, 4.69) is 45.3 Å². The Hall–Kier alpha value is -1.03. The van der Waals surface area contributed by atoms with Crippen LogP contribution in [0.5, 0.6) is 0 Å². The van der Waals surface area contributed by atoms with E-state index in [9.17, 15) is 0 Å². The summed E-state index contributed by atoms with van der Waals surface area (Å²) in [6.07, 6.45) is 0. The van der Waals surface area contributed by atoms with Gasteiger partial charge in [-0.25, -0.2) is 0 Å². The first-order valence-electron chi connectivity index (χ1n) is 4.95. The summed E-state index contributed by atoms with van der Waals surface area (Å²) in [4.78, 5) is 4.08. The van der Waals surface area contributed by atoms with Gasteiger partial charge in [-0.15, -0.1) is 0 Å². The predicted octanol–water partition coefficient (Wildman–Crippen LogP) is 2.43. The largest absolute Gasteiger partial charge is 0.370 e. The lowest BCUT2D eigenvalue weighted by Gasteiger charge is -2.14. The van der Waals surface area contributed by atoms with Crippen molar-refractivity contribution in [3.05, 3.63) is 34.3 Å². The third-order valence-electron chi connectivity index (χ3n) is 2.04. The molecule has 0 saturated heterocycles. The Bertz CT molecular complexity index is 349. The van der Waals surface area contributed by atoms with Crippen molar-refractivity contribution in [2.75, 3.05) is 6.54 Å². The van der Waals surface area contributed by atoms with Crippen LogP contribution in [0.4, 0.5) is 0 Å². The van der Waals surface area contributed by atoms with Gasteiger partial charge >= 0.3 is 0 Å². The number of benzene rings is 1. The lowest BCUT2D eigenvalue weighted by Crippen LogP contribution is -2.33. The van der Waals surface area contributed by atoms with Crippen LogP contribution in [0.25, 0.3) is 0 Å². The lowest BCUT2D eigenvalue weighted by molar-refractivity contribution is 0.708. The number of hydrogen-bond acceptors (Lipinski definition) is 1. The highest BCUT2D eigenvalue weighted by molar-refractivity contribution is 9.10. The van der Waals surface area contributed by atoms with Gasteiger partial charge in [-0.05, 0) is 31.5 Å². The number of rotatable bonds is 3. The average molecular weight is 270 g/mol. The third kappa shape index (κ3) is 3.91. The van der Waals surface area contributed by atoms with Crippen LogP contribution < -0.4 is 11.1 Å². The fourth-order valence-corrected chi connectivity index (χ4v) is 1.71. The number of halogens is 1. The van der Waals surface area contributed by atoms with Crippen LogP contribution in [-0.2, 0) is 0 Å². The topological polar surface area (TPSA) is 50.4 Å². The first-order valence-corrected chi connectivity index (χ1v) is 5.74. The van der Waals surface area contributed by atoms with E-state index in [1.165, 1.54) is 5.56 Å². The Labute approximate surface area is 98.9 Å². The maximum Gasteiger partial charge on any atom is 0.189 e. The number of nitrogens with one attached hydrogen (secondary N) is 1. The summed E-state index contributed by atoms with van der Waals surface area (Å²) < 4.78 is 1.07. The van der Waals surface area contributed by atoms with E-state index in [1.54, 1.807) is 0 Å². The van der Waals surface area contributed by atoms with Gasteiger partial charge in [0.2, 0.25) is 0 Å². The first-order chi connectivity index (χ1) is 7.13. The second kappa shape index (κ2) is 5.75. The molecule has 0 heterocycles. The number of nitrogens with zero attached hydrogens (tertiary/aromatic N) is 1. The molecule has 0 aromatic heterocycles. The smallest absolute Gasteiger partial charge is 0.189 e. The fraction of sp³-hybridized carbons (Fsp3) is 0.364. The first kappa shape index (κ1) is 12.0. The van der Waals surface area contributed by atoms with Crippen molar-refractivity contribution in [2.45, 2.75) is 19.9 Å². The second-order valence-corrected chi connectivity index (χ2v) is 4.20. The number of guanidine groups is 1. The SMILES string of the molecule is CCN=C(N)NC(C)c1cccc(Br)c1. The van der Waals surface area contributed by atoms with Crippen molar-refractivity contribution in [1.29, 1.82) is 0 Å². The molecule has 3 nitrogen and oxygen atoms in total. The minimum Gasteiger partial charge on any atom is -0.370 e. The fourth-order valence-electron chi connectivity index (χ4n) is 1.30. The minimum absolute atomic E-state index is 0.165. The normalized spacial score (nSPS) is 13.7. The van der Waals surface area contributed by atoms with Crippen molar-refractivity contribution < 1.29 is 0 Å². The molecule has 0 bridgehead atoms. The van der Waals surface area contributed by atoms with Crippen LogP contribution in [-0.4, -0.2) is 12.5 Å². The van der Waals surface area contributed by atoms with E-state index in [0.29, 0.717) is 12.5 Å². The second-order valence-electron chi connectivity index (χ2n) is 3.28. The molecule has 4 heteroatoms. The van der Waals surface area contributed by atoms with E-state index in [-0.39, 0.29) is 6.04 Å². The highest BCUT2D eigenvalue weighted by atomic mass is 79.9. The molecule has 0 aliphatic rings. The summed E-state index contributed by atoms with van der Waals surface area (Å²) in [6, 6.07) is 8.29. The molecule has 0 aliphatic heterocycles. The molecule has 0 aliphatic carbocycles. The van der Waals surface area contributed by atoms with Gasteiger partial charge in [0.15, 0.2) is 5.96 Å². The molecule has 1 unspecified atom stereocenters. The molecular weight excluding hydrogens is 254 g/mol. The molecule has 3 N–H and O–H groups in total. The van der Waals surface area contributed by atoms with Gasteiger partial charge < -0.3 is 11.1 Å². The van der Waals surface area contributed by atoms with Gasteiger partial charge in [0.05, 0.1) is 6.04 Å². The molecule has 1 aromatic carbocycles. The quantitative estimate of drug-likeness (QED) is 0.654. The van der Waals surface area contributed by atoms with Crippen molar-refractivity contribution in [3.8, 4) is 0 Å². The Morgan fingerprint density at radius 1 is 1.60 bits per heavy atom. The van der Waals surface area contributed by atoms with Gasteiger partial charge in [0, 0.05) is 11.0 Å². The zero-order chi connectivity index (χ0) is 11.3. The lowest BCUT2D eigenvalue weighted by atomic mass is 10.1. The van der Waals surface area contributed by atoms with Crippen LogP contribution in [0.2, 0.25) is 0 Å². The van der Waals surface area contributed by atoms with Crippen molar-refractivity contribution >= 4 is 21.9 Å². The van der Waals surface area contributed by atoms with E-state index < -0.39 is 0 Å². The molecule has 0 saturated carbocycles. The maximum atomic E-state index is 5.69. The van der Waals surface area contributed by atoms with Gasteiger partial charge in [-0.1, -0.05) is 28.1 Å². The third-order valence-corrected chi connectivity index (χ3v) is 2.53. The van der Waals surface area contributed by atoms with E-state index >= 15 is 0 Å². The molecule has 1 aromatic rings. The summed E-state index contributed by atoms with van der Waals surface area (Å²) in [6.45, 7) is 4.71. The monoisotopic (exact) mass is 269 g/mol. The highest BCUT2D eigenvalue weighted by Gasteiger charge is 2.05. The van der Waals surface area contributed by atoms with Gasteiger partial charge in [0.1, 0.15) is 0 Å². The van der Waals surface area contributed by atoms with Crippen molar-refractivity contribution in [1.82, 2.24) is 5.32 Å². The van der Waals surface area contributed by atoms with Crippen LogP contribution >= 0.6 is 15.9 Å². The molecule has 0 radical (unpaired) electrons. The van der Waals surface area contributed by atoms with Gasteiger partial charge in [-0.2, -0.15) is 0 Å². The Kier molecular flexibility index (Phi) is 4.62. The molecular formula is C11H16BrN3. The number of aliphatic imine (C=N–C) groups is 1. The predicted molar refractivity (Wildman–Crippen MR) is 67.9 cm³/mol. The Morgan fingerprint density at radius 2 is 2.33 bits per heavy atom. The highest BCUT2D eigenvalue weighted by Crippen LogP contribution is 2.17. The summed E-state index contributed by atoms with van der Waals surface area (Å²) >= 11 is 3.44. The molecule has 82 valence electrons. The van der Waals surface area contributed by atoms with Gasteiger partial charge in [-0.3, -0.25) is 4.99 Å². The van der Waals surface area contributed by atoms with E-state index in [0.717, 1.165) is 4.47 Å². The zero-order valence-electron chi connectivity index (χ0n) is 9.00.